The number of nitrogens with zero attached hydrogens (tertiary/aromatic N) is 1. The second-order valence-corrected chi connectivity index (χ2v) is 8.80. The van der Waals surface area contributed by atoms with E-state index in [-0.39, 0.29) is 0 Å². The van der Waals surface area contributed by atoms with Crippen molar-refractivity contribution in [1.82, 2.24) is 0 Å². The first-order chi connectivity index (χ1) is 14.8. The molecule has 0 radical (unpaired) electrons. The molecule has 0 bridgehead atoms. The summed E-state index contributed by atoms with van der Waals surface area (Å²) in [6.07, 6.45) is 0. The Bertz CT molecular complexity index is 1110. The molecule has 0 unspecified atom stereocenters. The van der Waals surface area contributed by atoms with Gasteiger partial charge in [0.1, 0.15) is 0 Å². The van der Waals surface area contributed by atoms with Crippen LogP contribution in [0.25, 0.3) is 11.0 Å². The molecular weight excluding hydrogens is 381 g/mol. The molecule has 3 aromatic carbocycles. The van der Waals surface area contributed by atoms with Gasteiger partial charge in [0.2, 0.25) is 0 Å². The summed E-state index contributed by atoms with van der Waals surface area (Å²) in [5, 5.41) is 9.26. The van der Waals surface area contributed by atoms with Crippen molar-refractivity contribution >= 4 is 18.2 Å². The molecule has 1 heterocycles. The van der Waals surface area contributed by atoms with Gasteiger partial charge in [0.15, 0.2) is 0 Å². The van der Waals surface area contributed by atoms with Crippen molar-refractivity contribution in [3.63, 3.8) is 0 Å². The van der Waals surface area contributed by atoms with Crippen molar-refractivity contribution in [3.8, 4) is 6.07 Å². The van der Waals surface area contributed by atoms with Gasteiger partial charge in [-0.25, -0.2) is 0 Å². The topological polar surface area (TPSA) is 42.2 Å². The Hall–Kier alpha value is -3.13. The molecule has 0 saturated carbocycles. The molecule has 154 valence electrons. The second-order valence-electron chi connectivity index (χ2n) is 8.80. The summed E-state index contributed by atoms with van der Waals surface area (Å²) in [7, 11) is -0.529. The highest BCUT2D eigenvalue weighted by Crippen LogP contribution is 2.44. The maximum atomic E-state index is 9.26. The number of nitriles is 1. The molecule has 4 rings (SSSR count). The van der Waals surface area contributed by atoms with Crippen LogP contribution in [-0.2, 0) is 9.31 Å². The van der Waals surface area contributed by atoms with E-state index in [2.05, 4.69) is 58.0 Å². The maximum absolute atomic E-state index is 9.26. The quantitative estimate of drug-likeness (QED) is 0.385. The smallest absolute Gasteiger partial charge is 0.399 e. The van der Waals surface area contributed by atoms with Gasteiger partial charge in [-0.1, -0.05) is 72.8 Å². The van der Waals surface area contributed by atoms with Gasteiger partial charge < -0.3 is 9.31 Å². The van der Waals surface area contributed by atoms with E-state index in [0.717, 1.165) is 27.7 Å². The van der Waals surface area contributed by atoms with E-state index in [1.54, 1.807) is 0 Å². The summed E-state index contributed by atoms with van der Waals surface area (Å²) in [4.78, 5) is 0. The Morgan fingerprint density at radius 2 is 1.13 bits per heavy atom. The summed E-state index contributed by atoms with van der Waals surface area (Å²) >= 11 is 0. The lowest BCUT2D eigenvalue weighted by Crippen LogP contribution is -2.41. The lowest BCUT2D eigenvalue weighted by Gasteiger charge is -2.32. The molecule has 1 aliphatic heterocycles. The molecule has 1 saturated heterocycles. The molecule has 1 fully saturated rings. The highest BCUT2D eigenvalue weighted by Gasteiger charge is 2.53. The maximum Gasteiger partial charge on any atom is 0.496 e. The normalized spacial score (nSPS) is 17.7. The van der Waals surface area contributed by atoms with Crippen LogP contribution in [-0.4, -0.2) is 18.3 Å². The van der Waals surface area contributed by atoms with Crippen molar-refractivity contribution in [2.45, 2.75) is 38.9 Å². The van der Waals surface area contributed by atoms with Gasteiger partial charge in [-0.3, -0.25) is 0 Å². The fourth-order valence-corrected chi connectivity index (χ4v) is 3.77. The molecule has 31 heavy (non-hydrogen) atoms. The summed E-state index contributed by atoms with van der Waals surface area (Å²) in [6, 6.07) is 30.4. The first-order valence-electron chi connectivity index (χ1n) is 10.5. The molecule has 4 heteroatoms. The Balaban J connectivity index is 2.00. The lowest BCUT2D eigenvalue weighted by molar-refractivity contribution is 0.00578. The molecule has 0 N–H and O–H groups in total. The zero-order valence-corrected chi connectivity index (χ0v) is 18.4. The third-order valence-corrected chi connectivity index (χ3v) is 6.21. The molecule has 3 nitrogen and oxygen atoms in total. The monoisotopic (exact) mass is 407 g/mol. The van der Waals surface area contributed by atoms with E-state index in [4.69, 9.17) is 9.31 Å². The number of hydrogen-bond donors (Lipinski definition) is 0. The first kappa shape index (κ1) is 21.1. The summed E-state index contributed by atoms with van der Waals surface area (Å²) in [5.41, 5.74) is 4.87. The first-order valence-corrected chi connectivity index (χ1v) is 10.5. The average molecular weight is 407 g/mol. The molecule has 0 aromatic heterocycles. The van der Waals surface area contributed by atoms with Crippen LogP contribution in [0.1, 0.15) is 49.9 Å². The Morgan fingerprint density at radius 1 is 0.677 bits per heavy atom. The van der Waals surface area contributed by atoms with Crippen LogP contribution in [0.2, 0.25) is 0 Å². The highest BCUT2D eigenvalue weighted by molar-refractivity contribution is 6.71. The summed E-state index contributed by atoms with van der Waals surface area (Å²) < 4.78 is 13.0. The molecule has 1 aliphatic rings. The second kappa shape index (κ2) is 8.19. The lowest BCUT2D eigenvalue weighted by atomic mass is 9.68. The van der Waals surface area contributed by atoms with Crippen molar-refractivity contribution in [2.75, 3.05) is 0 Å². The Kier molecular flexibility index (Phi) is 5.58. The molecule has 0 atom stereocenters. The van der Waals surface area contributed by atoms with Crippen LogP contribution in [0.4, 0.5) is 0 Å². The van der Waals surface area contributed by atoms with Crippen LogP contribution in [0, 0.1) is 11.3 Å². The molecule has 0 spiro atoms. The van der Waals surface area contributed by atoms with Crippen LogP contribution >= 0.6 is 0 Å². The molecule has 3 aromatic rings. The van der Waals surface area contributed by atoms with E-state index in [0.29, 0.717) is 5.56 Å². The standard InChI is InChI=1S/C27H26BNO2/c1-26(2)27(3,4)31-28(30-26)25(23-13-9-6-10-14-23)24(21-11-7-5-8-12-21)22-17-15-20(19-29)16-18-22/h5-18H,1-4H3/b25-24+. The largest absolute Gasteiger partial charge is 0.496 e. The minimum Gasteiger partial charge on any atom is -0.399 e. The predicted molar refractivity (Wildman–Crippen MR) is 126 cm³/mol. The minimum atomic E-state index is -0.529. The molecule has 0 aliphatic carbocycles. The van der Waals surface area contributed by atoms with Gasteiger partial charge in [-0.15, -0.1) is 0 Å². The van der Waals surface area contributed by atoms with E-state index in [9.17, 15) is 5.26 Å². The molecule has 0 amide bonds. The van der Waals surface area contributed by atoms with Crippen molar-refractivity contribution in [2.24, 2.45) is 0 Å². The predicted octanol–water partition coefficient (Wildman–Crippen LogP) is 6.15. The number of rotatable bonds is 4. The van der Waals surface area contributed by atoms with Gasteiger partial charge in [-0.05, 0) is 67.6 Å². The third-order valence-electron chi connectivity index (χ3n) is 6.21. The number of hydrogen-bond acceptors (Lipinski definition) is 3. The van der Waals surface area contributed by atoms with Gasteiger partial charge in [0.05, 0.1) is 22.8 Å². The van der Waals surface area contributed by atoms with Gasteiger partial charge in [-0.2, -0.15) is 5.26 Å². The zero-order chi connectivity index (χ0) is 22.1. The van der Waals surface area contributed by atoms with Crippen LogP contribution in [0.15, 0.2) is 84.9 Å². The summed E-state index contributed by atoms with van der Waals surface area (Å²) in [6.45, 7) is 8.28. The fourth-order valence-electron chi connectivity index (χ4n) is 3.77. The van der Waals surface area contributed by atoms with Crippen molar-refractivity contribution in [3.05, 3.63) is 107 Å². The van der Waals surface area contributed by atoms with Crippen LogP contribution in [0.5, 0.6) is 0 Å². The van der Waals surface area contributed by atoms with Gasteiger partial charge in [0.25, 0.3) is 0 Å². The van der Waals surface area contributed by atoms with Crippen molar-refractivity contribution < 1.29 is 9.31 Å². The average Bonchev–Trinajstić information content (AvgIpc) is 2.99. The van der Waals surface area contributed by atoms with Crippen LogP contribution in [0.3, 0.4) is 0 Å². The van der Waals surface area contributed by atoms with Gasteiger partial charge in [0, 0.05) is 0 Å². The van der Waals surface area contributed by atoms with Crippen molar-refractivity contribution in [1.29, 1.82) is 5.26 Å². The zero-order valence-electron chi connectivity index (χ0n) is 18.4. The van der Waals surface area contributed by atoms with Crippen LogP contribution < -0.4 is 0 Å². The van der Waals surface area contributed by atoms with E-state index >= 15 is 0 Å². The highest BCUT2D eigenvalue weighted by atomic mass is 16.7. The summed E-state index contributed by atoms with van der Waals surface area (Å²) in [5.74, 6) is 0. The Morgan fingerprint density at radius 3 is 1.61 bits per heavy atom. The Labute approximate surface area is 185 Å². The van der Waals surface area contributed by atoms with E-state index in [1.165, 1.54) is 0 Å². The minimum absolute atomic E-state index is 0.454. The van der Waals surface area contributed by atoms with E-state index in [1.807, 2.05) is 60.7 Å². The number of benzene rings is 3. The SMILES string of the molecule is CC1(C)OB(/C(=C(\c2ccccc2)c2ccc(C#N)cc2)c2ccccc2)OC1(C)C. The fraction of sp³-hybridized carbons (Fsp3) is 0.222. The third kappa shape index (κ3) is 4.08. The molecular formula is C27H26BNO2. The van der Waals surface area contributed by atoms with Gasteiger partial charge >= 0.3 is 7.12 Å². The van der Waals surface area contributed by atoms with E-state index < -0.39 is 18.3 Å².